The summed E-state index contributed by atoms with van der Waals surface area (Å²) < 4.78 is 0. The Morgan fingerprint density at radius 3 is 2.08 bits per heavy atom. The van der Waals surface area contributed by atoms with Gasteiger partial charge in [0.25, 0.3) is 5.91 Å². The molecule has 1 aliphatic rings. The predicted octanol–water partition coefficient (Wildman–Crippen LogP) is 3.24. The van der Waals surface area contributed by atoms with E-state index in [0.29, 0.717) is 13.1 Å². The highest BCUT2D eigenvalue weighted by molar-refractivity contribution is 5.94. The summed E-state index contributed by atoms with van der Waals surface area (Å²) in [6, 6.07) is 17.3. The molecule has 5 nitrogen and oxygen atoms in total. The van der Waals surface area contributed by atoms with Crippen LogP contribution in [0.1, 0.15) is 24.2 Å². The summed E-state index contributed by atoms with van der Waals surface area (Å²) in [4.78, 5) is 28.4. The van der Waals surface area contributed by atoms with Crippen molar-refractivity contribution in [2.45, 2.75) is 13.8 Å². The van der Waals surface area contributed by atoms with Gasteiger partial charge >= 0.3 is 0 Å². The summed E-state index contributed by atoms with van der Waals surface area (Å²) in [5, 5.41) is 2.90. The first-order valence-electron chi connectivity index (χ1n) is 9.05. The highest BCUT2D eigenvalue weighted by atomic mass is 16.2. The Labute approximate surface area is 154 Å². The van der Waals surface area contributed by atoms with Crippen LogP contribution in [-0.4, -0.2) is 42.9 Å². The van der Waals surface area contributed by atoms with Gasteiger partial charge in [-0.1, -0.05) is 32.0 Å². The number of hydrogen-bond acceptors (Lipinski definition) is 3. The lowest BCUT2D eigenvalue weighted by molar-refractivity contribution is -0.118. The fraction of sp³-hybridized carbons (Fsp3) is 0.333. The van der Waals surface area contributed by atoms with Gasteiger partial charge in [0.15, 0.2) is 0 Å². The monoisotopic (exact) mass is 351 g/mol. The molecule has 0 atom stereocenters. The van der Waals surface area contributed by atoms with Gasteiger partial charge in [0.05, 0.1) is 0 Å². The number of carbonyl (C=O) groups is 2. The maximum Gasteiger partial charge on any atom is 0.253 e. The highest BCUT2D eigenvalue weighted by Gasteiger charge is 2.22. The molecule has 0 aliphatic carbocycles. The van der Waals surface area contributed by atoms with Crippen LogP contribution in [-0.2, 0) is 4.79 Å². The predicted molar refractivity (Wildman–Crippen MR) is 104 cm³/mol. The topological polar surface area (TPSA) is 52.7 Å². The third-order valence-corrected chi connectivity index (χ3v) is 4.61. The van der Waals surface area contributed by atoms with Crippen LogP contribution in [0, 0.1) is 5.92 Å². The molecule has 0 unspecified atom stereocenters. The summed E-state index contributed by atoms with van der Waals surface area (Å²) in [6.45, 7) is 6.77. The second kappa shape index (κ2) is 8.04. The standard InChI is InChI=1S/C21H25N3O2/c1-16(2)20(25)22-18-8-10-19(11-9-18)23-12-14-24(15-13-23)21(26)17-6-4-3-5-7-17/h3-11,16H,12-15H2,1-2H3,(H,22,25). The van der Waals surface area contributed by atoms with E-state index in [0.717, 1.165) is 30.0 Å². The van der Waals surface area contributed by atoms with Crippen LogP contribution in [0.5, 0.6) is 0 Å². The Morgan fingerprint density at radius 2 is 1.50 bits per heavy atom. The normalized spacial score (nSPS) is 14.4. The minimum atomic E-state index is -0.0371. The maximum absolute atomic E-state index is 12.5. The van der Waals surface area contributed by atoms with Crippen molar-refractivity contribution in [3.63, 3.8) is 0 Å². The Bertz CT molecular complexity index is 749. The smallest absolute Gasteiger partial charge is 0.253 e. The number of nitrogens with zero attached hydrogens (tertiary/aromatic N) is 2. The second-order valence-electron chi connectivity index (χ2n) is 6.84. The first kappa shape index (κ1) is 18.0. The Morgan fingerprint density at radius 1 is 0.885 bits per heavy atom. The van der Waals surface area contributed by atoms with Crippen LogP contribution in [0.2, 0.25) is 0 Å². The molecule has 1 N–H and O–H groups in total. The van der Waals surface area contributed by atoms with E-state index in [2.05, 4.69) is 10.2 Å². The molecule has 1 aliphatic heterocycles. The molecule has 2 amide bonds. The SMILES string of the molecule is CC(C)C(=O)Nc1ccc(N2CCN(C(=O)c3ccccc3)CC2)cc1. The van der Waals surface area contributed by atoms with Gasteiger partial charge in [-0.3, -0.25) is 9.59 Å². The van der Waals surface area contributed by atoms with Crippen LogP contribution in [0.3, 0.4) is 0 Å². The molecule has 26 heavy (non-hydrogen) atoms. The summed E-state index contributed by atoms with van der Waals surface area (Å²) in [6.07, 6.45) is 0. The molecule has 3 rings (SSSR count). The van der Waals surface area contributed by atoms with Crippen molar-refractivity contribution in [2.24, 2.45) is 5.92 Å². The number of piperazine rings is 1. The summed E-state index contributed by atoms with van der Waals surface area (Å²) in [5.74, 6) is 0.0766. The van der Waals surface area contributed by atoms with Crippen LogP contribution in [0.25, 0.3) is 0 Å². The zero-order valence-corrected chi connectivity index (χ0v) is 15.3. The molecule has 1 heterocycles. The molecule has 1 fully saturated rings. The van der Waals surface area contributed by atoms with Gasteiger partial charge in [-0.25, -0.2) is 0 Å². The van der Waals surface area contributed by atoms with Crippen LogP contribution >= 0.6 is 0 Å². The first-order chi connectivity index (χ1) is 12.5. The summed E-state index contributed by atoms with van der Waals surface area (Å²) >= 11 is 0. The van der Waals surface area contributed by atoms with Crippen molar-refractivity contribution in [1.82, 2.24) is 4.90 Å². The lowest BCUT2D eigenvalue weighted by atomic mass is 10.1. The largest absolute Gasteiger partial charge is 0.368 e. The van der Waals surface area contributed by atoms with Crippen LogP contribution < -0.4 is 10.2 Å². The summed E-state index contributed by atoms with van der Waals surface area (Å²) in [5.41, 5.74) is 2.66. The Balaban J connectivity index is 1.56. The molecule has 2 aromatic carbocycles. The zero-order chi connectivity index (χ0) is 18.5. The molecular formula is C21H25N3O2. The van der Waals surface area contributed by atoms with Crippen LogP contribution in [0.15, 0.2) is 54.6 Å². The van der Waals surface area contributed by atoms with Crippen molar-refractivity contribution in [3.05, 3.63) is 60.2 Å². The molecule has 0 bridgehead atoms. The van der Waals surface area contributed by atoms with Crippen molar-refractivity contribution in [1.29, 1.82) is 0 Å². The number of carbonyl (C=O) groups excluding carboxylic acids is 2. The van der Waals surface area contributed by atoms with Crippen molar-refractivity contribution in [2.75, 3.05) is 36.4 Å². The van der Waals surface area contributed by atoms with Crippen molar-refractivity contribution >= 4 is 23.2 Å². The molecule has 0 radical (unpaired) electrons. The van der Waals surface area contributed by atoms with Gasteiger partial charge in [-0.05, 0) is 36.4 Å². The minimum Gasteiger partial charge on any atom is -0.368 e. The lowest BCUT2D eigenvalue weighted by Crippen LogP contribution is -2.48. The van der Waals surface area contributed by atoms with E-state index in [1.54, 1.807) is 0 Å². The van der Waals surface area contributed by atoms with Crippen molar-refractivity contribution < 1.29 is 9.59 Å². The van der Waals surface area contributed by atoms with Gasteiger partial charge in [-0.2, -0.15) is 0 Å². The molecule has 5 heteroatoms. The average Bonchev–Trinajstić information content (AvgIpc) is 2.69. The lowest BCUT2D eigenvalue weighted by Gasteiger charge is -2.36. The third-order valence-electron chi connectivity index (χ3n) is 4.61. The van der Waals surface area contributed by atoms with E-state index in [9.17, 15) is 9.59 Å². The summed E-state index contributed by atoms with van der Waals surface area (Å²) in [7, 11) is 0. The van der Waals surface area contributed by atoms with Gasteiger partial charge in [0.2, 0.25) is 5.91 Å². The molecular weight excluding hydrogens is 326 g/mol. The van der Waals surface area contributed by atoms with E-state index in [1.165, 1.54) is 0 Å². The third kappa shape index (κ3) is 4.23. The number of anilines is 2. The number of rotatable bonds is 4. The molecule has 0 saturated carbocycles. The number of amides is 2. The molecule has 2 aromatic rings. The van der Waals surface area contributed by atoms with E-state index in [4.69, 9.17) is 0 Å². The Kier molecular flexibility index (Phi) is 5.56. The quantitative estimate of drug-likeness (QED) is 0.920. The van der Waals surface area contributed by atoms with Gasteiger partial charge in [0.1, 0.15) is 0 Å². The maximum atomic E-state index is 12.5. The Hall–Kier alpha value is -2.82. The fourth-order valence-electron chi connectivity index (χ4n) is 2.97. The zero-order valence-electron chi connectivity index (χ0n) is 15.3. The van der Waals surface area contributed by atoms with E-state index in [1.807, 2.05) is 73.3 Å². The van der Waals surface area contributed by atoms with Gasteiger partial charge in [-0.15, -0.1) is 0 Å². The minimum absolute atomic E-state index is 0.0192. The van der Waals surface area contributed by atoms with E-state index >= 15 is 0 Å². The van der Waals surface area contributed by atoms with Crippen molar-refractivity contribution in [3.8, 4) is 0 Å². The van der Waals surface area contributed by atoms with E-state index < -0.39 is 0 Å². The van der Waals surface area contributed by atoms with Gasteiger partial charge in [0, 0.05) is 49.0 Å². The van der Waals surface area contributed by atoms with E-state index in [-0.39, 0.29) is 17.7 Å². The average molecular weight is 351 g/mol. The fourth-order valence-corrected chi connectivity index (χ4v) is 2.97. The molecule has 1 saturated heterocycles. The number of nitrogens with one attached hydrogen (secondary N) is 1. The second-order valence-corrected chi connectivity index (χ2v) is 6.84. The molecule has 0 spiro atoms. The first-order valence-corrected chi connectivity index (χ1v) is 9.05. The number of benzene rings is 2. The molecule has 0 aromatic heterocycles. The van der Waals surface area contributed by atoms with Crippen LogP contribution in [0.4, 0.5) is 11.4 Å². The highest BCUT2D eigenvalue weighted by Crippen LogP contribution is 2.20. The number of hydrogen-bond donors (Lipinski definition) is 1. The molecule has 136 valence electrons. The van der Waals surface area contributed by atoms with Gasteiger partial charge < -0.3 is 15.1 Å².